The number of sulfone groups is 1. The van der Waals surface area contributed by atoms with Gasteiger partial charge < -0.3 is 15.8 Å². The van der Waals surface area contributed by atoms with Crippen LogP contribution in [0.1, 0.15) is 12.8 Å². The van der Waals surface area contributed by atoms with Crippen molar-refractivity contribution in [2.24, 2.45) is 5.73 Å². The predicted molar refractivity (Wildman–Crippen MR) is 76.4 cm³/mol. The number of methoxy groups -OCH3 is 1. The van der Waals surface area contributed by atoms with Crippen LogP contribution in [-0.2, 0) is 14.6 Å². The lowest BCUT2D eigenvalue weighted by Crippen LogP contribution is -2.55. The Balaban J connectivity index is 2.19. The van der Waals surface area contributed by atoms with Gasteiger partial charge in [-0.3, -0.25) is 4.79 Å². The molecular weight excluding hydrogens is 280 g/mol. The van der Waals surface area contributed by atoms with Crippen LogP contribution < -0.4 is 15.8 Å². The Kier molecular flexibility index (Phi) is 3.89. The van der Waals surface area contributed by atoms with Crippen LogP contribution in [0.15, 0.2) is 24.3 Å². The maximum absolute atomic E-state index is 11.8. The second-order valence-electron chi connectivity index (χ2n) is 4.95. The van der Waals surface area contributed by atoms with E-state index in [0.717, 1.165) is 0 Å². The fourth-order valence-electron chi connectivity index (χ4n) is 2.27. The summed E-state index contributed by atoms with van der Waals surface area (Å²) in [6.07, 6.45) is 0.382. The highest BCUT2D eigenvalue weighted by atomic mass is 32.2. The van der Waals surface area contributed by atoms with Crippen LogP contribution in [0.25, 0.3) is 0 Å². The van der Waals surface area contributed by atoms with Crippen LogP contribution in [0.3, 0.4) is 0 Å². The summed E-state index contributed by atoms with van der Waals surface area (Å²) in [6.45, 7) is 0. The molecule has 0 radical (unpaired) electrons. The molecule has 0 aromatic heterocycles. The third kappa shape index (κ3) is 3.04. The molecule has 1 aliphatic rings. The first-order valence-corrected chi connectivity index (χ1v) is 8.12. The highest BCUT2D eigenvalue weighted by Gasteiger charge is 2.42. The van der Waals surface area contributed by atoms with E-state index in [9.17, 15) is 13.2 Å². The molecule has 7 heteroatoms. The fraction of sp³-hybridized carbons (Fsp3) is 0.462. The van der Waals surface area contributed by atoms with Gasteiger partial charge in [0.1, 0.15) is 11.3 Å². The van der Waals surface area contributed by atoms with E-state index in [2.05, 4.69) is 5.32 Å². The number of nitrogens with two attached hydrogens (primary N) is 1. The zero-order valence-electron chi connectivity index (χ0n) is 11.3. The Morgan fingerprint density at radius 3 is 2.25 bits per heavy atom. The molecule has 1 aromatic carbocycles. The highest BCUT2D eigenvalue weighted by molar-refractivity contribution is 7.91. The van der Waals surface area contributed by atoms with Gasteiger partial charge in [0.25, 0.3) is 0 Å². The van der Waals surface area contributed by atoms with E-state index < -0.39 is 21.3 Å². The molecule has 0 atom stereocenters. The molecule has 1 amide bonds. The van der Waals surface area contributed by atoms with Crippen LogP contribution in [0.4, 0.5) is 5.69 Å². The lowest BCUT2D eigenvalue weighted by molar-refractivity contribution is -0.122. The Labute approximate surface area is 118 Å². The van der Waals surface area contributed by atoms with E-state index in [4.69, 9.17) is 10.5 Å². The molecule has 6 nitrogen and oxygen atoms in total. The van der Waals surface area contributed by atoms with Gasteiger partial charge >= 0.3 is 0 Å². The molecule has 1 saturated heterocycles. The molecule has 1 heterocycles. The number of nitrogens with one attached hydrogen (secondary N) is 1. The number of ether oxygens (including phenoxy) is 1. The molecule has 0 bridgehead atoms. The number of rotatable bonds is 4. The van der Waals surface area contributed by atoms with Gasteiger partial charge in [-0.05, 0) is 37.1 Å². The first-order chi connectivity index (χ1) is 9.37. The number of hydrogen-bond donors (Lipinski definition) is 2. The van der Waals surface area contributed by atoms with Gasteiger partial charge in [0.2, 0.25) is 5.91 Å². The minimum Gasteiger partial charge on any atom is -0.497 e. The normalized spacial score (nSPS) is 20.1. The Morgan fingerprint density at radius 1 is 1.25 bits per heavy atom. The van der Waals surface area contributed by atoms with E-state index in [1.807, 2.05) is 0 Å². The predicted octanol–water partition coefficient (Wildman–Crippen LogP) is 0.540. The number of anilines is 1. The van der Waals surface area contributed by atoms with E-state index in [1.54, 1.807) is 31.4 Å². The minimum absolute atomic E-state index is 0.0287. The molecular formula is C13H18N2O4S. The van der Waals surface area contributed by atoms with E-state index >= 15 is 0 Å². The van der Waals surface area contributed by atoms with Gasteiger partial charge in [-0.15, -0.1) is 0 Å². The lowest BCUT2D eigenvalue weighted by Gasteiger charge is -2.35. The van der Waals surface area contributed by atoms with Crippen molar-refractivity contribution in [3.05, 3.63) is 24.3 Å². The van der Waals surface area contributed by atoms with Crippen molar-refractivity contribution in [1.82, 2.24) is 0 Å². The summed E-state index contributed by atoms with van der Waals surface area (Å²) in [6, 6.07) is 7.06. The molecule has 1 aromatic rings. The first kappa shape index (κ1) is 14.6. The summed E-state index contributed by atoms with van der Waals surface area (Å²) in [5.74, 6) is 0.121. The first-order valence-electron chi connectivity index (χ1n) is 6.29. The molecule has 0 spiro atoms. The van der Waals surface area contributed by atoms with Crippen molar-refractivity contribution in [3.63, 3.8) is 0 Å². The minimum atomic E-state index is -3.06. The van der Waals surface area contributed by atoms with Crippen molar-refractivity contribution in [2.45, 2.75) is 18.4 Å². The molecule has 0 unspecified atom stereocenters. The molecule has 0 saturated carbocycles. The number of primary amides is 1. The maximum atomic E-state index is 11.8. The number of carbonyl (C=O) groups is 1. The Hall–Kier alpha value is -1.76. The van der Waals surface area contributed by atoms with E-state index in [1.165, 1.54) is 0 Å². The standard InChI is InChI=1S/C13H18N2O4S/c1-19-11-4-2-10(3-5-11)15-13(12(14)16)6-8-20(17,18)9-7-13/h2-5,15H,6-9H2,1H3,(H2,14,16). The molecule has 2 rings (SSSR count). The third-order valence-corrected chi connectivity index (χ3v) is 5.28. The Bertz CT molecular complexity index is 581. The smallest absolute Gasteiger partial charge is 0.243 e. The highest BCUT2D eigenvalue weighted by Crippen LogP contribution is 2.28. The van der Waals surface area contributed by atoms with Gasteiger partial charge in [-0.2, -0.15) is 0 Å². The van der Waals surface area contributed by atoms with Crippen LogP contribution >= 0.6 is 0 Å². The summed E-state index contributed by atoms with van der Waals surface area (Å²) in [4.78, 5) is 11.8. The van der Waals surface area contributed by atoms with Crippen molar-refractivity contribution < 1.29 is 17.9 Å². The van der Waals surface area contributed by atoms with E-state index in [0.29, 0.717) is 11.4 Å². The van der Waals surface area contributed by atoms with Gasteiger partial charge in [0, 0.05) is 5.69 Å². The number of hydrogen-bond acceptors (Lipinski definition) is 5. The van der Waals surface area contributed by atoms with Crippen LogP contribution in [0, 0.1) is 0 Å². The second kappa shape index (κ2) is 5.32. The van der Waals surface area contributed by atoms with Crippen molar-refractivity contribution in [3.8, 4) is 5.75 Å². The van der Waals surface area contributed by atoms with Crippen LogP contribution in [0.5, 0.6) is 5.75 Å². The average Bonchev–Trinajstić information content (AvgIpc) is 2.42. The molecule has 110 valence electrons. The third-order valence-electron chi connectivity index (χ3n) is 3.62. The van der Waals surface area contributed by atoms with Gasteiger partial charge in [0.05, 0.1) is 18.6 Å². The van der Waals surface area contributed by atoms with Crippen molar-refractivity contribution in [1.29, 1.82) is 0 Å². The summed E-state index contributed by atoms with van der Waals surface area (Å²) < 4.78 is 28.1. The molecule has 3 N–H and O–H groups in total. The molecule has 20 heavy (non-hydrogen) atoms. The number of amides is 1. The summed E-state index contributed by atoms with van der Waals surface area (Å²) in [5.41, 5.74) is 5.19. The number of carbonyl (C=O) groups excluding carboxylic acids is 1. The number of benzene rings is 1. The molecule has 1 aliphatic heterocycles. The SMILES string of the molecule is COc1ccc(NC2(C(N)=O)CCS(=O)(=O)CC2)cc1. The average molecular weight is 298 g/mol. The second-order valence-corrected chi connectivity index (χ2v) is 7.26. The quantitative estimate of drug-likeness (QED) is 0.845. The van der Waals surface area contributed by atoms with Crippen LogP contribution in [-0.4, -0.2) is 38.5 Å². The fourth-order valence-corrected chi connectivity index (χ4v) is 3.79. The van der Waals surface area contributed by atoms with Gasteiger partial charge in [-0.1, -0.05) is 0 Å². The van der Waals surface area contributed by atoms with E-state index in [-0.39, 0.29) is 24.3 Å². The summed E-state index contributed by atoms with van der Waals surface area (Å²) in [5, 5.41) is 3.09. The monoisotopic (exact) mass is 298 g/mol. The lowest BCUT2D eigenvalue weighted by atomic mass is 9.91. The topological polar surface area (TPSA) is 98.5 Å². The van der Waals surface area contributed by atoms with Gasteiger partial charge in [0.15, 0.2) is 9.84 Å². The Morgan fingerprint density at radius 2 is 1.80 bits per heavy atom. The summed E-state index contributed by atoms with van der Waals surface area (Å²) >= 11 is 0. The van der Waals surface area contributed by atoms with Crippen molar-refractivity contribution in [2.75, 3.05) is 23.9 Å². The maximum Gasteiger partial charge on any atom is 0.243 e. The zero-order valence-corrected chi connectivity index (χ0v) is 12.1. The van der Waals surface area contributed by atoms with Gasteiger partial charge in [-0.25, -0.2) is 8.42 Å². The van der Waals surface area contributed by atoms with Crippen LogP contribution in [0.2, 0.25) is 0 Å². The zero-order chi connectivity index (χ0) is 14.8. The molecule has 0 aliphatic carbocycles. The molecule has 1 fully saturated rings. The largest absolute Gasteiger partial charge is 0.497 e. The van der Waals surface area contributed by atoms with Crippen molar-refractivity contribution >= 4 is 21.4 Å². The summed E-state index contributed by atoms with van der Waals surface area (Å²) in [7, 11) is -1.49.